The first kappa shape index (κ1) is 14.5. The average molecular weight is 297 g/mol. The minimum atomic E-state index is -0.448. The molecule has 0 atom stereocenters. The highest BCUT2D eigenvalue weighted by atomic mass is 35.5. The Labute approximate surface area is 121 Å². The fraction of sp³-hybridized carbons (Fsp3) is 0.308. The SMILES string of the molecule is CCNc1nc(OCC)nc(-c2cc(F)cc(Cl)c2)n1. The summed E-state index contributed by atoms with van der Waals surface area (Å²) < 4.78 is 18.7. The van der Waals surface area contributed by atoms with Crippen LogP contribution in [-0.2, 0) is 0 Å². The van der Waals surface area contributed by atoms with Crippen molar-refractivity contribution in [1.29, 1.82) is 0 Å². The molecule has 1 aromatic carbocycles. The molecule has 0 aliphatic carbocycles. The van der Waals surface area contributed by atoms with E-state index in [4.69, 9.17) is 16.3 Å². The summed E-state index contributed by atoms with van der Waals surface area (Å²) in [6, 6.07) is 4.31. The van der Waals surface area contributed by atoms with Crippen molar-refractivity contribution in [2.75, 3.05) is 18.5 Å². The van der Waals surface area contributed by atoms with E-state index in [2.05, 4.69) is 20.3 Å². The molecule has 7 heteroatoms. The first-order valence-electron chi connectivity index (χ1n) is 6.21. The van der Waals surface area contributed by atoms with E-state index in [0.29, 0.717) is 30.5 Å². The lowest BCUT2D eigenvalue weighted by Crippen LogP contribution is -2.07. The van der Waals surface area contributed by atoms with Crippen LogP contribution in [0.15, 0.2) is 18.2 Å². The molecule has 2 aromatic rings. The minimum absolute atomic E-state index is 0.189. The summed E-state index contributed by atoms with van der Waals surface area (Å²) in [5.41, 5.74) is 0.470. The van der Waals surface area contributed by atoms with Crippen LogP contribution in [0.2, 0.25) is 5.02 Å². The fourth-order valence-electron chi connectivity index (χ4n) is 1.60. The fourth-order valence-corrected chi connectivity index (χ4v) is 1.82. The molecule has 1 aromatic heterocycles. The lowest BCUT2D eigenvalue weighted by atomic mass is 10.2. The van der Waals surface area contributed by atoms with Gasteiger partial charge in [-0.2, -0.15) is 15.0 Å². The first-order chi connectivity index (χ1) is 9.62. The number of aromatic nitrogens is 3. The van der Waals surface area contributed by atoms with Crippen LogP contribution in [0.3, 0.4) is 0 Å². The van der Waals surface area contributed by atoms with Crippen LogP contribution >= 0.6 is 11.6 Å². The zero-order chi connectivity index (χ0) is 14.5. The van der Waals surface area contributed by atoms with Crippen molar-refractivity contribution < 1.29 is 9.13 Å². The maximum atomic E-state index is 13.4. The first-order valence-corrected chi connectivity index (χ1v) is 6.59. The van der Waals surface area contributed by atoms with Crippen molar-refractivity contribution in [3.05, 3.63) is 29.0 Å². The van der Waals surface area contributed by atoms with E-state index < -0.39 is 5.82 Å². The summed E-state index contributed by atoms with van der Waals surface area (Å²) in [4.78, 5) is 12.5. The lowest BCUT2D eigenvalue weighted by molar-refractivity contribution is 0.312. The Morgan fingerprint density at radius 2 is 2.00 bits per heavy atom. The number of anilines is 1. The summed E-state index contributed by atoms with van der Waals surface area (Å²) in [7, 11) is 0. The number of hydrogen-bond acceptors (Lipinski definition) is 5. The van der Waals surface area contributed by atoms with Gasteiger partial charge < -0.3 is 10.1 Å². The monoisotopic (exact) mass is 296 g/mol. The highest BCUT2D eigenvalue weighted by Gasteiger charge is 2.10. The van der Waals surface area contributed by atoms with Crippen LogP contribution in [0.25, 0.3) is 11.4 Å². The Kier molecular flexibility index (Phi) is 4.68. The predicted molar refractivity (Wildman–Crippen MR) is 75.6 cm³/mol. The third-order valence-electron chi connectivity index (χ3n) is 2.34. The minimum Gasteiger partial charge on any atom is -0.464 e. The van der Waals surface area contributed by atoms with Crippen LogP contribution in [0.4, 0.5) is 10.3 Å². The van der Waals surface area contributed by atoms with Gasteiger partial charge in [0.2, 0.25) is 5.95 Å². The molecule has 0 saturated heterocycles. The highest BCUT2D eigenvalue weighted by Crippen LogP contribution is 2.23. The van der Waals surface area contributed by atoms with Gasteiger partial charge in [0.15, 0.2) is 5.82 Å². The molecule has 0 aliphatic rings. The molecule has 0 bridgehead atoms. The number of halogens is 2. The molecule has 0 spiro atoms. The van der Waals surface area contributed by atoms with Gasteiger partial charge in [0.1, 0.15) is 5.82 Å². The maximum absolute atomic E-state index is 13.4. The second kappa shape index (κ2) is 6.47. The second-order valence-corrected chi connectivity index (χ2v) is 4.32. The summed E-state index contributed by atoms with van der Waals surface area (Å²) in [6.07, 6.45) is 0. The molecular weight excluding hydrogens is 283 g/mol. The van der Waals surface area contributed by atoms with Crippen molar-refractivity contribution >= 4 is 17.5 Å². The second-order valence-electron chi connectivity index (χ2n) is 3.89. The normalized spacial score (nSPS) is 10.4. The average Bonchev–Trinajstić information content (AvgIpc) is 2.38. The molecule has 0 fully saturated rings. The van der Waals surface area contributed by atoms with Gasteiger partial charge in [0, 0.05) is 17.1 Å². The third kappa shape index (κ3) is 3.54. The van der Waals surface area contributed by atoms with Crippen LogP contribution in [0.5, 0.6) is 6.01 Å². The van der Waals surface area contributed by atoms with Gasteiger partial charge in [-0.25, -0.2) is 4.39 Å². The highest BCUT2D eigenvalue weighted by molar-refractivity contribution is 6.30. The summed E-state index contributed by atoms with van der Waals surface area (Å²) in [6.45, 7) is 4.83. The Morgan fingerprint density at radius 1 is 1.20 bits per heavy atom. The largest absolute Gasteiger partial charge is 0.464 e. The van der Waals surface area contributed by atoms with Gasteiger partial charge in [-0.3, -0.25) is 0 Å². The van der Waals surface area contributed by atoms with Crippen molar-refractivity contribution in [2.45, 2.75) is 13.8 Å². The van der Waals surface area contributed by atoms with Gasteiger partial charge in [-0.15, -0.1) is 0 Å². The van der Waals surface area contributed by atoms with Gasteiger partial charge in [-0.05, 0) is 32.0 Å². The van der Waals surface area contributed by atoms with Crippen molar-refractivity contribution in [2.24, 2.45) is 0 Å². The summed E-state index contributed by atoms with van der Waals surface area (Å²) in [5, 5.41) is 3.26. The molecule has 106 valence electrons. The van der Waals surface area contributed by atoms with Crippen LogP contribution in [0, 0.1) is 5.82 Å². The van der Waals surface area contributed by atoms with Gasteiger partial charge in [0.05, 0.1) is 6.61 Å². The topological polar surface area (TPSA) is 59.9 Å². The number of nitrogens with zero attached hydrogens (tertiary/aromatic N) is 3. The number of nitrogens with one attached hydrogen (secondary N) is 1. The maximum Gasteiger partial charge on any atom is 0.321 e. The molecule has 0 saturated carbocycles. The summed E-state index contributed by atoms with van der Waals surface area (Å²) in [5.74, 6) is 0.234. The molecule has 0 unspecified atom stereocenters. The molecule has 1 N–H and O–H groups in total. The van der Waals surface area contributed by atoms with Crippen molar-refractivity contribution in [3.8, 4) is 17.4 Å². The van der Waals surface area contributed by atoms with E-state index in [1.807, 2.05) is 13.8 Å². The van der Waals surface area contributed by atoms with Gasteiger partial charge in [-0.1, -0.05) is 11.6 Å². The van der Waals surface area contributed by atoms with Gasteiger partial charge >= 0.3 is 6.01 Å². The molecule has 0 amide bonds. The standard InChI is InChI=1S/C13H14ClFN4O/c1-3-16-12-17-11(18-13(19-12)20-4-2)8-5-9(14)7-10(15)6-8/h5-7H,3-4H2,1-2H3,(H,16,17,18,19). The molecule has 5 nitrogen and oxygen atoms in total. The predicted octanol–water partition coefficient (Wildman–Crippen LogP) is 3.16. The molecule has 1 heterocycles. The van der Waals surface area contributed by atoms with E-state index in [9.17, 15) is 4.39 Å². The molecule has 0 aliphatic heterocycles. The number of hydrogen-bond donors (Lipinski definition) is 1. The molecule has 0 radical (unpaired) electrons. The zero-order valence-corrected chi connectivity index (χ0v) is 11.9. The van der Waals surface area contributed by atoms with Gasteiger partial charge in [0.25, 0.3) is 0 Å². The third-order valence-corrected chi connectivity index (χ3v) is 2.56. The van der Waals surface area contributed by atoms with E-state index in [0.717, 1.165) is 0 Å². The van der Waals surface area contributed by atoms with E-state index in [1.54, 1.807) is 6.07 Å². The van der Waals surface area contributed by atoms with E-state index in [1.165, 1.54) is 12.1 Å². The molecular formula is C13H14ClFN4O. The zero-order valence-electron chi connectivity index (χ0n) is 11.2. The van der Waals surface area contributed by atoms with Crippen LogP contribution in [-0.4, -0.2) is 28.1 Å². The number of benzene rings is 1. The summed E-state index contributed by atoms with van der Waals surface area (Å²) >= 11 is 5.84. The Morgan fingerprint density at radius 3 is 2.65 bits per heavy atom. The van der Waals surface area contributed by atoms with E-state index >= 15 is 0 Å². The van der Waals surface area contributed by atoms with Crippen LogP contribution in [0.1, 0.15) is 13.8 Å². The van der Waals surface area contributed by atoms with Crippen LogP contribution < -0.4 is 10.1 Å². The van der Waals surface area contributed by atoms with Crippen molar-refractivity contribution in [3.63, 3.8) is 0 Å². The Hall–Kier alpha value is -1.95. The smallest absolute Gasteiger partial charge is 0.321 e. The number of rotatable bonds is 5. The lowest BCUT2D eigenvalue weighted by Gasteiger charge is -2.08. The van der Waals surface area contributed by atoms with E-state index in [-0.39, 0.29) is 11.0 Å². The number of ether oxygens (including phenoxy) is 1. The molecule has 20 heavy (non-hydrogen) atoms. The molecule has 2 rings (SSSR count). The van der Waals surface area contributed by atoms with Crippen molar-refractivity contribution in [1.82, 2.24) is 15.0 Å². The quantitative estimate of drug-likeness (QED) is 0.918. The Balaban J connectivity index is 2.48. The Bertz CT molecular complexity index is 564.